The standard InChI is InChI=1S/C17H26BrNO2/c1-3-13-4-9-17(12(13)2)19-10-15(20)11-21-16-7-5-14(18)6-8-16/h5-8,12-13,15,17,19-20H,3-4,9-11H2,1-2H3. The minimum absolute atomic E-state index is 0.326. The Bertz CT molecular complexity index is 423. The highest BCUT2D eigenvalue weighted by Gasteiger charge is 2.31. The zero-order valence-electron chi connectivity index (χ0n) is 12.9. The number of benzene rings is 1. The molecule has 1 aromatic carbocycles. The number of aliphatic hydroxyl groups excluding tert-OH is 1. The monoisotopic (exact) mass is 355 g/mol. The van der Waals surface area contributed by atoms with Gasteiger partial charge in [0, 0.05) is 17.1 Å². The summed E-state index contributed by atoms with van der Waals surface area (Å²) in [6.07, 6.45) is 3.32. The molecule has 0 amide bonds. The van der Waals surface area contributed by atoms with Crippen molar-refractivity contribution >= 4 is 15.9 Å². The fraction of sp³-hybridized carbons (Fsp3) is 0.647. The van der Waals surface area contributed by atoms with Crippen LogP contribution in [0.4, 0.5) is 0 Å². The average molecular weight is 356 g/mol. The van der Waals surface area contributed by atoms with Crippen LogP contribution in [-0.2, 0) is 0 Å². The molecule has 0 aliphatic heterocycles. The van der Waals surface area contributed by atoms with E-state index in [9.17, 15) is 5.11 Å². The van der Waals surface area contributed by atoms with Crippen LogP contribution < -0.4 is 10.1 Å². The van der Waals surface area contributed by atoms with Gasteiger partial charge in [0.1, 0.15) is 18.5 Å². The molecule has 2 rings (SSSR count). The zero-order chi connectivity index (χ0) is 15.2. The summed E-state index contributed by atoms with van der Waals surface area (Å²) in [5.74, 6) is 2.32. The predicted octanol–water partition coefficient (Wildman–Crippen LogP) is 3.60. The van der Waals surface area contributed by atoms with Crippen LogP contribution in [0.15, 0.2) is 28.7 Å². The normalized spacial score (nSPS) is 26.8. The van der Waals surface area contributed by atoms with Crippen molar-refractivity contribution in [2.45, 2.75) is 45.3 Å². The number of hydrogen-bond donors (Lipinski definition) is 2. The third-order valence-corrected chi connectivity index (χ3v) is 5.15. The van der Waals surface area contributed by atoms with Crippen molar-refractivity contribution in [3.63, 3.8) is 0 Å². The Balaban J connectivity index is 1.68. The molecule has 1 fully saturated rings. The van der Waals surface area contributed by atoms with Gasteiger partial charge in [-0.1, -0.05) is 36.2 Å². The lowest BCUT2D eigenvalue weighted by molar-refractivity contribution is 0.102. The van der Waals surface area contributed by atoms with Crippen molar-refractivity contribution in [3.8, 4) is 5.75 Å². The van der Waals surface area contributed by atoms with Crippen LogP contribution in [0.5, 0.6) is 5.75 Å². The molecule has 118 valence electrons. The summed E-state index contributed by atoms with van der Waals surface area (Å²) < 4.78 is 6.62. The highest BCUT2D eigenvalue weighted by molar-refractivity contribution is 9.10. The number of rotatable bonds is 7. The van der Waals surface area contributed by atoms with E-state index in [2.05, 4.69) is 35.1 Å². The molecule has 0 heterocycles. The Morgan fingerprint density at radius 1 is 1.33 bits per heavy atom. The molecule has 4 heteroatoms. The van der Waals surface area contributed by atoms with Gasteiger partial charge in [-0.3, -0.25) is 0 Å². The van der Waals surface area contributed by atoms with Gasteiger partial charge < -0.3 is 15.2 Å². The minimum atomic E-state index is -0.471. The average Bonchev–Trinajstić information content (AvgIpc) is 2.85. The predicted molar refractivity (Wildman–Crippen MR) is 89.6 cm³/mol. The van der Waals surface area contributed by atoms with Gasteiger partial charge in [-0.05, 0) is 48.9 Å². The number of halogens is 1. The third-order valence-electron chi connectivity index (χ3n) is 4.62. The lowest BCUT2D eigenvalue weighted by atomic mass is 9.93. The van der Waals surface area contributed by atoms with E-state index < -0.39 is 6.10 Å². The Morgan fingerprint density at radius 3 is 2.67 bits per heavy atom. The molecule has 21 heavy (non-hydrogen) atoms. The second kappa shape index (κ2) is 8.16. The van der Waals surface area contributed by atoms with E-state index in [1.807, 2.05) is 24.3 Å². The molecule has 4 atom stereocenters. The Kier molecular flexibility index (Phi) is 6.52. The van der Waals surface area contributed by atoms with Gasteiger partial charge in [-0.15, -0.1) is 0 Å². The topological polar surface area (TPSA) is 41.5 Å². The Labute approximate surface area is 136 Å². The van der Waals surface area contributed by atoms with Gasteiger partial charge in [0.15, 0.2) is 0 Å². The summed E-state index contributed by atoms with van der Waals surface area (Å²) in [6.45, 7) is 5.52. The van der Waals surface area contributed by atoms with E-state index in [0.717, 1.165) is 16.1 Å². The maximum absolute atomic E-state index is 10.0. The van der Waals surface area contributed by atoms with Crippen LogP contribution in [0.1, 0.15) is 33.1 Å². The fourth-order valence-electron chi connectivity index (χ4n) is 3.18. The van der Waals surface area contributed by atoms with Crippen molar-refractivity contribution in [1.29, 1.82) is 0 Å². The molecule has 1 aromatic rings. The van der Waals surface area contributed by atoms with Gasteiger partial charge in [0.05, 0.1) is 0 Å². The lowest BCUT2D eigenvalue weighted by Gasteiger charge is -2.22. The SMILES string of the molecule is CCC1CCC(NCC(O)COc2ccc(Br)cc2)C1C. The number of aliphatic hydroxyl groups is 1. The molecule has 1 aliphatic rings. The van der Waals surface area contributed by atoms with Crippen molar-refractivity contribution < 1.29 is 9.84 Å². The molecule has 0 radical (unpaired) electrons. The highest BCUT2D eigenvalue weighted by atomic mass is 79.9. The highest BCUT2D eigenvalue weighted by Crippen LogP contribution is 2.33. The maximum atomic E-state index is 10.0. The van der Waals surface area contributed by atoms with Gasteiger partial charge >= 0.3 is 0 Å². The summed E-state index contributed by atoms with van der Waals surface area (Å²) >= 11 is 3.39. The lowest BCUT2D eigenvalue weighted by Crippen LogP contribution is -2.39. The van der Waals surface area contributed by atoms with Crippen molar-refractivity contribution in [2.24, 2.45) is 11.8 Å². The van der Waals surface area contributed by atoms with Crippen molar-refractivity contribution in [3.05, 3.63) is 28.7 Å². The summed E-state index contributed by atoms with van der Waals surface area (Å²) in [5, 5.41) is 13.5. The fourth-order valence-corrected chi connectivity index (χ4v) is 3.45. The van der Waals surface area contributed by atoms with Gasteiger partial charge in [0.2, 0.25) is 0 Å². The van der Waals surface area contributed by atoms with Crippen LogP contribution in [0.25, 0.3) is 0 Å². The first-order valence-electron chi connectivity index (χ1n) is 7.90. The number of nitrogens with one attached hydrogen (secondary N) is 1. The molecular weight excluding hydrogens is 330 g/mol. The maximum Gasteiger partial charge on any atom is 0.119 e. The molecule has 0 saturated heterocycles. The molecular formula is C17H26BrNO2. The summed E-state index contributed by atoms with van der Waals surface area (Å²) in [4.78, 5) is 0. The van der Waals surface area contributed by atoms with Crippen LogP contribution in [0, 0.1) is 11.8 Å². The summed E-state index contributed by atoms with van der Waals surface area (Å²) in [7, 11) is 0. The third kappa shape index (κ3) is 4.97. The van der Waals surface area contributed by atoms with Crippen molar-refractivity contribution in [2.75, 3.05) is 13.2 Å². The first kappa shape index (κ1) is 16.8. The molecule has 2 N–H and O–H groups in total. The smallest absolute Gasteiger partial charge is 0.119 e. The van der Waals surface area contributed by atoms with E-state index in [-0.39, 0.29) is 0 Å². The molecule has 0 bridgehead atoms. The molecule has 3 nitrogen and oxygen atoms in total. The van der Waals surface area contributed by atoms with Crippen LogP contribution >= 0.6 is 15.9 Å². The second-order valence-electron chi connectivity index (χ2n) is 6.04. The van der Waals surface area contributed by atoms with E-state index in [1.165, 1.54) is 19.3 Å². The van der Waals surface area contributed by atoms with Gasteiger partial charge in [0.25, 0.3) is 0 Å². The van der Waals surface area contributed by atoms with E-state index in [4.69, 9.17) is 4.74 Å². The molecule has 0 spiro atoms. The first-order chi connectivity index (χ1) is 10.1. The minimum Gasteiger partial charge on any atom is -0.491 e. The molecule has 0 aromatic heterocycles. The Morgan fingerprint density at radius 2 is 2.05 bits per heavy atom. The van der Waals surface area contributed by atoms with Crippen LogP contribution in [0.3, 0.4) is 0 Å². The van der Waals surface area contributed by atoms with Crippen molar-refractivity contribution in [1.82, 2.24) is 5.32 Å². The van der Waals surface area contributed by atoms with Gasteiger partial charge in [-0.25, -0.2) is 0 Å². The molecule has 4 unspecified atom stereocenters. The van der Waals surface area contributed by atoms with Gasteiger partial charge in [-0.2, -0.15) is 0 Å². The zero-order valence-corrected chi connectivity index (χ0v) is 14.5. The van der Waals surface area contributed by atoms with Crippen LogP contribution in [-0.4, -0.2) is 30.4 Å². The van der Waals surface area contributed by atoms with Crippen LogP contribution in [0.2, 0.25) is 0 Å². The largest absolute Gasteiger partial charge is 0.491 e. The number of hydrogen-bond acceptors (Lipinski definition) is 3. The quantitative estimate of drug-likeness (QED) is 0.784. The molecule has 1 aliphatic carbocycles. The summed E-state index contributed by atoms with van der Waals surface area (Å²) in [5.41, 5.74) is 0. The number of ether oxygens (including phenoxy) is 1. The first-order valence-corrected chi connectivity index (χ1v) is 8.69. The summed E-state index contributed by atoms with van der Waals surface area (Å²) in [6, 6.07) is 8.21. The van der Waals surface area contributed by atoms with E-state index >= 15 is 0 Å². The Hall–Kier alpha value is -0.580. The second-order valence-corrected chi connectivity index (χ2v) is 6.95. The molecule has 1 saturated carbocycles. The van der Waals surface area contributed by atoms with E-state index in [1.54, 1.807) is 0 Å². The van der Waals surface area contributed by atoms with E-state index in [0.29, 0.717) is 25.1 Å².